The topological polar surface area (TPSA) is 118 Å². The molecule has 2 heterocycles. The first-order valence-electron chi connectivity index (χ1n) is 9.73. The summed E-state index contributed by atoms with van der Waals surface area (Å²) in [6.45, 7) is 4.30. The third kappa shape index (κ3) is 7.48. The minimum absolute atomic E-state index is 0.0694. The maximum atomic E-state index is 14.3. The maximum Gasteiger partial charge on any atom is 0.508 e. The Morgan fingerprint density at radius 2 is 1.97 bits per heavy atom. The third-order valence-electron chi connectivity index (χ3n) is 3.96. The Labute approximate surface area is 177 Å². The summed E-state index contributed by atoms with van der Waals surface area (Å²) in [6.07, 6.45) is 1.58. The summed E-state index contributed by atoms with van der Waals surface area (Å²) in [4.78, 5) is 38.9. The van der Waals surface area contributed by atoms with Crippen LogP contribution in [-0.4, -0.2) is 52.8 Å². The molecule has 2 atom stereocenters. The van der Waals surface area contributed by atoms with Crippen LogP contribution in [0.3, 0.4) is 0 Å². The highest BCUT2D eigenvalue weighted by Gasteiger charge is 2.30. The summed E-state index contributed by atoms with van der Waals surface area (Å²) in [5.41, 5.74) is -1.33. The molecule has 1 aliphatic rings. The fraction of sp³-hybridized carbons (Fsp3) is 0.667. The van der Waals surface area contributed by atoms with E-state index in [4.69, 9.17) is 18.9 Å². The van der Waals surface area contributed by atoms with Gasteiger partial charge in [0.2, 0.25) is 0 Å². The number of rotatable bonds is 10. The van der Waals surface area contributed by atoms with Crippen molar-refractivity contribution in [3.8, 4) is 0 Å². The molecule has 0 saturated carbocycles. The van der Waals surface area contributed by atoms with Gasteiger partial charge in [-0.05, 0) is 12.8 Å². The lowest BCUT2D eigenvalue weighted by molar-refractivity contribution is -0.0241. The minimum Gasteiger partial charge on any atom is -0.449 e. The first-order valence-corrected chi connectivity index (χ1v) is 10.8. The quantitative estimate of drug-likeness (QED) is 0.426. The highest BCUT2D eigenvalue weighted by atomic mass is 32.2. The maximum absolute atomic E-state index is 14.3. The van der Waals surface area contributed by atoms with Gasteiger partial charge in [0.1, 0.15) is 18.3 Å². The van der Waals surface area contributed by atoms with Gasteiger partial charge in [0.05, 0.1) is 19.4 Å². The number of thioether (sulfide) groups is 1. The zero-order valence-electron chi connectivity index (χ0n) is 16.9. The number of carbonyl (C=O) groups is 2. The number of halogens is 1. The molecule has 0 aliphatic carbocycles. The summed E-state index contributed by atoms with van der Waals surface area (Å²) in [5, 5.41) is 2.11. The number of ether oxygens (including phenoxy) is 4. The molecule has 1 aliphatic heterocycles. The lowest BCUT2D eigenvalue weighted by Crippen LogP contribution is -2.31. The summed E-state index contributed by atoms with van der Waals surface area (Å²) in [5.74, 6) is -1.10. The molecule has 10 nitrogen and oxygen atoms in total. The van der Waals surface area contributed by atoms with Crippen molar-refractivity contribution in [1.82, 2.24) is 9.55 Å². The molecule has 0 radical (unpaired) electrons. The van der Waals surface area contributed by atoms with Crippen molar-refractivity contribution in [3.63, 3.8) is 0 Å². The van der Waals surface area contributed by atoms with Crippen molar-refractivity contribution in [3.05, 3.63) is 22.5 Å². The Balaban J connectivity index is 1.87. The van der Waals surface area contributed by atoms with E-state index in [1.165, 1.54) is 11.8 Å². The summed E-state index contributed by atoms with van der Waals surface area (Å²) in [6, 6.07) is 0. The summed E-state index contributed by atoms with van der Waals surface area (Å²) < 4.78 is 35.6. The van der Waals surface area contributed by atoms with Crippen LogP contribution in [0.15, 0.2) is 11.0 Å². The number of hydrogen-bond donors (Lipinski definition) is 1. The van der Waals surface area contributed by atoms with E-state index in [2.05, 4.69) is 10.3 Å². The van der Waals surface area contributed by atoms with Gasteiger partial charge in [-0.2, -0.15) is 4.98 Å². The van der Waals surface area contributed by atoms with Crippen LogP contribution in [0.25, 0.3) is 0 Å². The number of unbranched alkanes of at least 4 members (excludes halogenated alkanes) is 2. The Bertz CT molecular complexity index is 777. The Morgan fingerprint density at radius 3 is 2.67 bits per heavy atom. The Hall–Kier alpha value is -2.34. The van der Waals surface area contributed by atoms with Crippen molar-refractivity contribution in [2.75, 3.05) is 30.9 Å². The molecule has 1 N–H and O–H groups in total. The van der Waals surface area contributed by atoms with Crippen LogP contribution in [0.1, 0.15) is 45.8 Å². The Kier molecular flexibility index (Phi) is 9.87. The number of nitrogens with one attached hydrogen (secondary N) is 1. The number of anilines is 1. The predicted molar refractivity (Wildman–Crippen MR) is 107 cm³/mol. The largest absolute Gasteiger partial charge is 0.508 e. The zero-order chi connectivity index (χ0) is 21.9. The van der Waals surface area contributed by atoms with Gasteiger partial charge in [-0.3, -0.25) is 9.88 Å². The molecule has 30 heavy (non-hydrogen) atoms. The van der Waals surface area contributed by atoms with Gasteiger partial charge < -0.3 is 18.9 Å². The molecule has 1 aromatic rings. The first kappa shape index (κ1) is 23.9. The van der Waals surface area contributed by atoms with E-state index in [-0.39, 0.29) is 19.8 Å². The van der Waals surface area contributed by atoms with Crippen molar-refractivity contribution < 1.29 is 32.9 Å². The molecule has 1 aromatic heterocycles. The van der Waals surface area contributed by atoms with E-state index in [0.717, 1.165) is 30.0 Å². The van der Waals surface area contributed by atoms with Gasteiger partial charge in [-0.15, -0.1) is 11.8 Å². The van der Waals surface area contributed by atoms with E-state index in [1.807, 2.05) is 13.8 Å². The second-order valence-corrected chi connectivity index (χ2v) is 7.55. The molecule has 0 bridgehead atoms. The molecule has 12 heteroatoms. The van der Waals surface area contributed by atoms with Gasteiger partial charge in [0.15, 0.2) is 11.6 Å². The van der Waals surface area contributed by atoms with Gasteiger partial charge in [0.25, 0.3) is 0 Å². The molecule has 1 saturated heterocycles. The van der Waals surface area contributed by atoms with Crippen molar-refractivity contribution in [2.24, 2.45) is 0 Å². The van der Waals surface area contributed by atoms with Crippen molar-refractivity contribution in [1.29, 1.82) is 0 Å². The second-order valence-electron chi connectivity index (χ2n) is 6.36. The normalized spacial score (nSPS) is 18.1. The van der Waals surface area contributed by atoms with Gasteiger partial charge in [0, 0.05) is 5.75 Å². The monoisotopic (exact) mass is 447 g/mol. The first-order chi connectivity index (χ1) is 14.4. The lowest BCUT2D eigenvalue weighted by Gasteiger charge is -2.15. The molecular weight excluding hydrogens is 421 g/mol. The van der Waals surface area contributed by atoms with Crippen molar-refractivity contribution in [2.45, 2.75) is 51.2 Å². The van der Waals surface area contributed by atoms with Gasteiger partial charge in [-0.25, -0.2) is 18.8 Å². The smallest absolute Gasteiger partial charge is 0.449 e. The van der Waals surface area contributed by atoms with E-state index in [1.54, 1.807) is 0 Å². The molecule has 1 fully saturated rings. The van der Waals surface area contributed by atoms with Crippen molar-refractivity contribution >= 4 is 29.8 Å². The average molecular weight is 447 g/mol. The summed E-state index contributed by atoms with van der Waals surface area (Å²) >= 11 is 1.30. The number of hydrogen-bond acceptors (Lipinski definition) is 9. The molecule has 2 rings (SSSR count). The molecule has 1 amide bonds. The molecule has 168 valence electrons. The fourth-order valence-electron chi connectivity index (χ4n) is 2.34. The molecule has 0 aromatic carbocycles. The SMILES string of the molecule is CCCCOC(=O)Nc1nc(=O)n([C@@H]2CS[C@H](COC(=O)OCCCC)O2)cc1F. The van der Waals surface area contributed by atoms with Crippen LogP contribution in [0.4, 0.5) is 19.8 Å². The van der Waals surface area contributed by atoms with E-state index in [0.29, 0.717) is 12.2 Å². The van der Waals surface area contributed by atoms with E-state index >= 15 is 0 Å². The summed E-state index contributed by atoms with van der Waals surface area (Å²) in [7, 11) is 0. The van der Waals surface area contributed by atoms with Crippen LogP contribution in [0, 0.1) is 5.82 Å². The highest BCUT2D eigenvalue weighted by molar-refractivity contribution is 8.00. The van der Waals surface area contributed by atoms with Crippen LogP contribution in [-0.2, 0) is 18.9 Å². The second kappa shape index (κ2) is 12.4. The zero-order valence-corrected chi connectivity index (χ0v) is 17.7. The molecule has 0 unspecified atom stereocenters. The van der Waals surface area contributed by atoms with Crippen LogP contribution >= 0.6 is 11.8 Å². The minimum atomic E-state index is -0.908. The fourth-order valence-corrected chi connectivity index (χ4v) is 3.33. The van der Waals surface area contributed by atoms with Gasteiger partial charge in [-0.1, -0.05) is 26.7 Å². The number of nitrogens with zero attached hydrogens (tertiary/aromatic N) is 2. The van der Waals surface area contributed by atoms with E-state index < -0.39 is 41.2 Å². The van der Waals surface area contributed by atoms with Crippen LogP contribution < -0.4 is 11.0 Å². The van der Waals surface area contributed by atoms with Crippen LogP contribution in [0.5, 0.6) is 0 Å². The standard InChI is InChI=1S/C18H26FN3O7S/c1-3-5-7-26-17(24)21-15-12(19)9-22(16(23)20-15)13-11-30-14(29-13)10-28-18(25)27-8-6-4-2/h9,13-14H,3-8,10-11H2,1-2H3,(H,20,21,23,24)/t13-,14+/m0/s1. The number of carbonyl (C=O) groups excluding carboxylic acids is 2. The van der Waals surface area contributed by atoms with Crippen LogP contribution in [0.2, 0.25) is 0 Å². The van der Waals surface area contributed by atoms with Gasteiger partial charge >= 0.3 is 17.9 Å². The lowest BCUT2D eigenvalue weighted by atomic mass is 10.4. The highest BCUT2D eigenvalue weighted by Crippen LogP contribution is 2.31. The number of aromatic nitrogens is 2. The third-order valence-corrected chi connectivity index (χ3v) is 5.05. The molecular formula is C18H26FN3O7S. The average Bonchev–Trinajstić information content (AvgIpc) is 3.18. The predicted octanol–water partition coefficient (Wildman–Crippen LogP) is 3.27. The Morgan fingerprint density at radius 1 is 1.27 bits per heavy atom. The number of amides is 1. The molecule has 0 spiro atoms. The van der Waals surface area contributed by atoms with E-state index in [9.17, 15) is 18.8 Å².